The van der Waals surface area contributed by atoms with Crippen molar-refractivity contribution in [2.24, 2.45) is 0 Å². The highest BCUT2D eigenvalue weighted by atomic mass is 19.1. The third-order valence-electron chi connectivity index (χ3n) is 3.11. The van der Waals surface area contributed by atoms with Crippen LogP contribution in [0, 0.1) is 21.7 Å². The summed E-state index contributed by atoms with van der Waals surface area (Å²) in [5.41, 5.74) is 0.327. The number of allylic oxidation sites excluding steroid dienone is 1. The molecular formula is C16H12F2N2O3. The number of ketones is 1. The molecule has 2 aromatic carbocycles. The Morgan fingerprint density at radius 1 is 1.22 bits per heavy atom. The van der Waals surface area contributed by atoms with Crippen molar-refractivity contribution in [2.45, 2.75) is 0 Å². The fourth-order valence-electron chi connectivity index (χ4n) is 1.97. The van der Waals surface area contributed by atoms with Crippen LogP contribution in [0.25, 0.3) is 6.08 Å². The van der Waals surface area contributed by atoms with Crippen molar-refractivity contribution in [3.8, 4) is 0 Å². The first-order chi connectivity index (χ1) is 10.9. The molecule has 0 bridgehead atoms. The van der Waals surface area contributed by atoms with Gasteiger partial charge in [0.2, 0.25) is 0 Å². The zero-order valence-electron chi connectivity index (χ0n) is 12.0. The average Bonchev–Trinajstić information content (AvgIpc) is 2.52. The fourth-order valence-corrected chi connectivity index (χ4v) is 1.97. The van der Waals surface area contributed by atoms with Crippen LogP contribution in [0.5, 0.6) is 0 Å². The molecule has 0 radical (unpaired) electrons. The predicted octanol–water partition coefficient (Wildman–Crippen LogP) is 3.81. The van der Waals surface area contributed by atoms with E-state index in [0.29, 0.717) is 17.3 Å². The SMILES string of the molecule is CNc1ccc(/C=C/C(=O)c2ccc(F)cc2F)cc1[N+](=O)[O-]. The summed E-state index contributed by atoms with van der Waals surface area (Å²) < 4.78 is 26.3. The van der Waals surface area contributed by atoms with Crippen LogP contribution in [0.3, 0.4) is 0 Å². The lowest BCUT2D eigenvalue weighted by Gasteiger charge is -2.03. The van der Waals surface area contributed by atoms with E-state index < -0.39 is 22.3 Å². The van der Waals surface area contributed by atoms with E-state index in [0.717, 1.165) is 18.2 Å². The molecule has 7 heteroatoms. The first kappa shape index (κ1) is 16.3. The van der Waals surface area contributed by atoms with Crippen molar-refractivity contribution in [3.63, 3.8) is 0 Å². The maximum atomic E-state index is 13.5. The van der Waals surface area contributed by atoms with E-state index in [-0.39, 0.29) is 11.3 Å². The zero-order valence-corrected chi connectivity index (χ0v) is 12.0. The number of carbonyl (C=O) groups excluding carboxylic acids is 1. The summed E-state index contributed by atoms with van der Waals surface area (Å²) in [4.78, 5) is 22.3. The number of hydrogen-bond acceptors (Lipinski definition) is 4. The quantitative estimate of drug-likeness (QED) is 0.394. The largest absolute Gasteiger partial charge is 0.383 e. The van der Waals surface area contributed by atoms with Crippen LogP contribution in [0.15, 0.2) is 42.5 Å². The first-order valence-corrected chi connectivity index (χ1v) is 6.56. The predicted molar refractivity (Wildman–Crippen MR) is 82.4 cm³/mol. The first-order valence-electron chi connectivity index (χ1n) is 6.56. The Hall–Kier alpha value is -3.09. The summed E-state index contributed by atoms with van der Waals surface area (Å²) in [6, 6.07) is 7.01. The Bertz CT molecular complexity index is 804. The molecule has 0 saturated carbocycles. The third kappa shape index (κ3) is 3.76. The topological polar surface area (TPSA) is 72.2 Å². The van der Waals surface area contributed by atoms with E-state index in [1.165, 1.54) is 18.2 Å². The summed E-state index contributed by atoms with van der Waals surface area (Å²) in [5, 5.41) is 13.6. The summed E-state index contributed by atoms with van der Waals surface area (Å²) in [6.07, 6.45) is 2.41. The van der Waals surface area contributed by atoms with Gasteiger partial charge in [0.25, 0.3) is 5.69 Å². The monoisotopic (exact) mass is 318 g/mol. The van der Waals surface area contributed by atoms with Crippen molar-refractivity contribution in [1.82, 2.24) is 0 Å². The summed E-state index contributed by atoms with van der Waals surface area (Å²) in [5.74, 6) is -2.40. The molecular weight excluding hydrogens is 306 g/mol. The molecule has 0 saturated heterocycles. The summed E-state index contributed by atoms with van der Waals surface area (Å²) >= 11 is 0. The second kappa shape index (κ2) is 6.78. The number of nitro groups is 1. The number of anilines is 1. The number of hydrogen-bond donors (Lipinski definition) is 1. The highest BCUT2D eigenvalue weighted by molar-refractivity contribution is 6.07. The normalized spacial score (nSPS) is 10.7. The van der Waals surface area contributed by atoms with Crippen molar-refractivity contribution >= 4 is 23.2 Å². The minimum atomic E-state index is -0.962. The lowest BCUT2D eigenvalue weighted by Crippen LogP contribution is -1.99. The van der Waals surface area contributed by atoms with Gasteiger partial charge in [0.15, 0.2) is 5.78 Å². The van der Waals surface area contributed by atoms with Gasteiger partial charge in [0.05, 0.1) is 10.5 Å². The van der Waals surface area contributed by atoms with E-state index in [9.17, 15) is 23.7 Å². The number of halogens is 2. The van der Waals surface area contributed by atoms with E-state index in [1.807, 2.05) is 0 Å². The van der Waals surface area contributed by atoms with Gasteiger partial charge in [-0.2, -0.15) is 0 Å². The molecule has 0 aliphatic carbocycles. The smallest absolute Gasteiger partial charge is 0.292 e. The molecule has 1 N–H and O–H groups in total. The van der Waals surface area contributed by atoms with Crippen LogP contribution in [0.2, 0.25) is 0 Å². The lowest BCUT2D eigenvalue weighted by molar-refractivity contribution is -0.383. The molecule has 0 heterocycles. The van der Waals surface area contributed by atoms with Crippen LogP contribution >= 0.6 is 0 Å². The number of carbonyl (C=O) groups is 1. The fraction of sp³-hybridized carbons (Fsp3) is 0.0625. The van der Waals surface area contributed by atoms with Crippen LogP contribution in [0.4, 0.5) is 20.2 Å². The summed E-state index contributed by atoms with van der Waals surface area (Å²) in [6.45, 7) is 0. The molecule has 5 nitrogen and oxygen atoms in total. The lowest BCUT2D eigenvalue weighted by atomic mass is 10.1. The number of nitrogens with zero attached hydrogens (tertiary/aromatic N) is 1. The molecule has 0 aromatic heterocycles. The minimum Gasteiger partial charge on any atom is -0.383 e. The highest BCUT2D eigenvalue weighted by Gasteiger charge is 2.13. The van der Waals surface area contributed by atoms with E-state index in [4.69, 9.17) is 0 Å². The van der Waals surface area contributed by atoms with Crippen molar-refractivity contribution in [2.75, 3.05) is 12.4 Å². The van der Waals surface area contributed by atoms with Crippen LogP contribution in [-0.4, -0.2) is 17.8 Å². The van der Waals surface area contributed by atoms with Gasteiger partial charge >= 0.3 is 0 Å². The Labute approximate surface area is 130 Å². The number of rotatable bonds is 5. The van der Waals surface area contributed by atoms with Crippen LogP contribution in [-0.2, 0) is 0 Å². The summed E-state index contributed by atoms with van der Waals surface area (Å²) in [7, 11) is 1.55. The molecule has 23 heavy (non-hydrogen) atoms. The number of benzene rings is 2. The second-order valence-corrected chi connectivity index (χ2v) is 4.61. The highest BCUT2D eigenvalue weighted by Crippen LogP contribution is 2.25. The van der Waals surface area contributed by atoms with Gasteiger partial charge in [-0.3, -0.25) is 14.9 Å². The maximum Gasteiger partial charge on any atom is 0.292 e. The van der Waals surface area contributed by atoms with Crippen molar-refractivity contribution in [3.05, 3.63) is 75.3 Å². The Kier molecular flexibility index (Phi) is 4.80. The van der Waals surface area contributed by atoms with Crippen LogP contribution in [0.1, 0.15) is 15.9 Å². The van der Waals surface area contributed by atoms with E-state index >= 15 is 0 Å². The van der Waals surface area contributed by atoms with Crippen molar-refractivity contribution in [1.29, 1.82) is 0 Å². The molecule has 0 amide bonds. The third-order valence-corrected chi connectivity index (χ3v) is 3.11. The van der Waals surface area contributed by atoms with Crippen molar-refractivity contribution < 1.29 is 18.5 Å². The molecule has 118 valence electrons. The van der Waals surface area contributed by atoms with E-state index in [2.05, 4.69) is 5.32 Å². The Balaban J connectivity index is 2.27. The molecule has 0 aliphatic heterocycles. The van der Waals surface area contributed by atoms with E-state index in [1.54, 1.807) is 13.1 Å². The Morgan fingerprint density at radius 2 is 1.96 bits per heavy atom. The van der Waals surface area contributed by atoms with Gasteiger partial charge in [-0.15, -0.1) is 0 Å². The van der Waals surface area contributed by atoms with Gasteiger partial charge in [0.1, 0.15) is 17.3 Å². The molecule has 0 atom stereocenters. The van der Waals surface area contributed by atoms with Gasteiger partial charge < -0.3 is 5.32 Å². The van der Waals surface area contributed by atoms with Gasteiger partial charge in [0, 0.05) is 19.2 Å². The molecule has 0 unspecified atom stereocenters. The molecule has 2 rings (SSSR count). The van der Waals surface area contributed by atoms with Gasteiger partial charge in [-0.1, -0.05) is 12.1 Å². The molecule has 2 aromatic rings. The van der Waals surface area contributed by atoms with Crippen LogP contribution < -0.4 is 5.32 Å². The van der Waals surface area contributed by atoms with Gasteiger partial charge in [-0.25, -0.2) is 8.78 Å². The van der Waals surface area contributed by atoms with Gasteiger partial charge in [-0.05, 0) is 29.8 Å². The second-order valence-electron chi connectivity index (χ2n) is 4.61. The minimum absolute atomic E-state index is 0.143. The molecule has 0 fully saturated rings. The number of nitrogens with one attached hydrogen (secondary N) is 1. The number of nitro benzene ring substituents is 1. The average molecular weight is 318 g/mol. The zero-order chi connectivity index (χ0) is 17.0. The molecule has 0 spiro atoms. The maximum absolute atomic E-state index is 13.5. The standard InChI is InChI=1S/C16H12F2N2O3/c1-19-14-6-2-10(8-15(14)20(22)23)3-7-16(21)12-5-4-11(17)9-13(12)18/h2-9,19H,1H3/b7-3+. The molecule has 0 aliphatic rings. The Morgan fingerprint density at radius 3 is 2.57 bits per heavy atom.